The third-order valence-corrected chi connectivity index (χ3v) is 6.91. The molecule has 8 heteroatoms. The molecule has 2 saturated heterocycles. The molecule has 5 rings (SSSR count). The van der Waals surface area contributed by atoms with E-state index >= 15 is 0 Å². The fourth-order valence-corrected chi connectivity index (χ4v) is 4.96. The number of imide groups is 1. The van der Waals surface area contributed by atoms with Crippen molar-refractivity contribution in [3.05, 3.63) is 82.8 Å². The monoisotopic (exact) mass is 488 g/mol. The average Bonchev–Trinajstić information content (AvgIpc) is 3.16. The summed E-state index contributed by atoms with van der Waals surface area (Å²) in [5.74, 6) is -0.113. The van der Waals surface area contributed by atoms with Gasteiger partial charge in [-0.1, -0.05) is 60.7 Å². The Hall–Kier alpha value is -3.62. The summed E-state index contributed by atoms with van der Waals surface area (Å²) in [7, 11) is 0. The molecule has 3 amide bonds. The van der Waals surface area contributed by atoms with Gasteiger partial charge in [0.2, 0.25) is 5.91 Å². The van der Waals surface area contributed by atoms with Gasteiger partial charge in [0.1, 0.15) is 18.9 Å². The van der Waals surface area contributed by atoms with Gasteiger partial charge in [-0.2, -0.15) is 0 Å². The van der Waals surface area contributed by atoms with Gasteiger partial charge in [-0.05, 0) is 40.2 Å². The lowest BCUT2D eigenvalue weighted by atomic mass is 10.1. The molecule has 2 fully saturated rings. The molecule has 0 bridgehead atoms. The zero-order chi connectivity index (χ0) is 24.2. The minimum absolute atomic E-state index is 0.254. The number of rotatable bonds is 6. The number of thioether (sulfide) groups is 1. The standard InChI is InChI=1S/C27H24N2O5S/c30-25(28-12-14-33-15-13-28)17-29-26(31)24(35-27(29)32)16-20-7-2-4-11-23(20)34-18-21-9-5-8-19-6-1-3-10-22(19)21/h1-11,16H,12-15,17-18H2/b24-16+. The van der Waals surface area contributed by atoms with Gasteiger partial charge in [0, 0.05) is 18.7 Å². The first-order valence-corrected chi connectivity index (χ1v) is 12.2. The van der Waals surface area contributed by atoms with Crippen molar-refractivity contribution in [2.24, 2.45) is 0 Å². The number of para-hydroxylation sites is 1. The summed E-state index contributed by atoms with van der Waals surface area (Å²) in [6, 6.07) is 21.6. The quantitative estimate of drug-likeness (QED) is 0.481. The van der Waals surface area contributed by atoms with Crippen LogP contribution < -0.4 is 4.74 Å². The summed E-state index contributed by atoms with van der Waals surface area (Å²) in [4.78, 5) is 40.9. The molecule has 0 aliphatic carbocycles. The van der Waals surface area contributed by atoms with E-state index < -0.39 is 11.1 Å². The SMILES string of the molecule is O=C(CN1C(=O)S/C(=C/c2ccccc2OCc2cccc3ccccc23)C1=O)N1CCOCC1. The second kappa shape index (κ2) is 10.3. The van der Waals surface area contributed by atoms with Crippen molar-refractivity contribution in [1.82, 2.24) is 9.80 Å². The minimum Gasteiger partial charge on any atom is -0.488 e. The molecule has 0 saturated carbocycles. The predicted molar refractivity (Wildman–Crippen MR) is 135 cm³/mol. The van der Waals surface area contributed by atoms with Gasteiger partial charge in [0.15, 0.2) is 0 Å². The maximum Gasteiger partial charge on any atom is 0.294 e. The molecule has 3 aromatic rings. The molecule has 7 nitrogen and oxygen atoms in total. The highest BCUT2D eigenvalue weighted by atomic mass is 32.2. The molecule has 0 unspecified atom stereocenters. The van der Waals surface area contributed by atoms with Crippen LogP contribution in [0, 0.1) is 0 Å². The minimum atomic E-state index is -0.467. The first kappa shape index (κ1) is 23.1. The van der Waals surface area contributed by atoms with Gasteiger partial charge in [0.05, 0.1) is 18.1 Å². The van der Waals surface area contributed by atoms with Crippen LogP contribution in [0.25, 0.3) is 16.8 Å². The van der Waals surface area contributed by atoms with E-state index in [0.29, 0.717) is 44.2 Å². The molecule has 0 spiro atoms. The van der Waals surface area contributed by atoms with Gasteiger partial charge in [0.25, 0.3) is 11.1 Å². The van der Waals surface area contributed by atoms with E-state index in [1.54, 1.807) is 11.0 Å². The van der Waals surface area contributed by atoms with Crippen LogP contribution in [0.4, 0.5) is 4.79 Å². The lowest BCUT2D eigenvalue weighted by molar-refractivity contribution is -0.139. The maximum absolute atomic E-state index is 13.0. The highest BCUT2D eigenvalue weighted by molar-refractivity contribution is 8.18. The summed E-state index contributed by atoms with van der Waals surface area (Å²) in [6.45, 7) is 1.95. The largest absolute Gasteiger partial charge is 0.488 e. The molecule has 3 aromatic carbocycles. The third kappa shape index (κ3) is 5.08. The number of ether oxygens (including phenoxy) is 2. The maximum atomic E-state index is 13.0. The Kier molecular flexibility index (Phi) is 6.83. The summed E-state index contributed by atoms with van der Waals surface area (Å²) >= 11 is 0.838. The van der Waals surface area contributed by atoms with E-state index in [9.17, 15) is 14.4 Å². The van der Waals surface area contributed by atoms with Crippen molar-refractivity contribution < 1.29 is 23.9 Å². The normalized spacial score (nSPS) is 17.4. The average molecular weight is 489 g/mol. The molecule has 35 heavy (non-hydrogen) atoms. The first-order chi connectivity index (χ1) is 17.1. The number of carbonyl (C=O) groups is 3. The van der Waals surface area contributed by atoms with Gasteiger partial charge < -0.3 is 14.4 Å². The van der Waals surface area contributed by atoms with Crippen LogP contribution in [0.1, 0.15) is 11.1 Å². The fourth-order valence-electron chi connectivity index (χ4n) is 4.13. The van der Waals surface area contributed by atoms with Gasteiger partial charge in [-0.25, -0.2) is 0 Å². The highest BCUT2D eigenvalue weighted by Gasteiger charge is 2.37. The summed E-state index contributed by atoms with van der Waals surface area (Å²) in [6.07, 6.45) is 1.66. The fraction of sp³-hybridized carbons (Fsp3) is 0.222. The molecule has 0 N–H and O–H groups in total. The van der Waals surface area contributed by atoms with Crippen molar-refractivity contribution in [2.75, 3.05) is 32.8 Å². The second-order valence-electron chi connectivity index (χ2n) is 8.23. The molecule has 178 valence electrons. The van der Waals surface area contributed by atoms with E-state index in [2.05, 4.69) is 18.2 Å². The van der Waals surface area contributed by atoms with Crippen LogP contribution in [-0.4, -0.2) is 59.7 Å². The Morgan fingerprint density at radius 2 is 1.71 bits per heavy atom. The Balaban J connectivity index is 1.31. The summed E-state index contributed by atoms with van der Waals surface area (Å²) in [5, 5.41) is 1.82. The summed E-state index contributed by atoms with van der Waals surface area (Å²) < 4.78 is 11.4. The molecule has 0 aromatic heterocycles. The Labute approximate surface area is 207 Å². The number of carbonyl (C=O) groups excluding carboxylic acids is 3. The first-order valence-electron chi connectivity index (χ1n) is 11.4. The second-order valence-corrected chi connectivity index (χ2v) is 9.22. The molecular formula is C27H24N2O5S. The zero-order valence-electron chi connectivity index (χ0n) is 19.0. The van der Waals surface area contributed by atoms with Crippen molar-refractivity contribution in [3.8, 4) is 5.75 Å². The lowest BCUT2D eigenvalue weighted by Crippen LogP contribution is -2.46. The highest BCUT2D eigenvalue weighted by Crippen LogP contribution is 2.34. The van der Waals surface area contributed by atoms with E-state index in [0.717, 1.165) is 33.0 Å². The molecule has 0 atom stereocenters. The van der Waals surface area contributed by atoms with Crippen molar-refractivity contribution >= 4 is 45.7 Å². The number of benzene rings is 3. The van der Waals surface area contributed by atoms with Crippen molar-refractivity contribution in [1.29, 1.82) is 0 Å². The number of hydrogen-bond donors (Lipinski definition) is 0. The molecule has 0 radical (unpaired) electrons. The number of hydrogen-bond acceptors (Lipinski definition) is 6. The molecular weight excluding hydrogens is 464 g/mol. The zero-order valence-corrected chi connectivity index (χ0v) is 19.8. The van der Waals surface area contributed by atoms with Crippen molar-refractivity contribution in [3.63, 3.8) is 0 Å². The van der Waals surface area contributed by atoms with Crippen LogP contribution in [-0.2, 0) is 20.9 Å². The number of morpholine rings is 1. The number of amides is 3. The summed E-state index contributed by atoms with van der Waals surface area (Å²) in [5.41, 5.74) is 1.75. The molecule has 2 aliphatic heterocycles. The topological polar surface area (TPSA) is 76.2 Å². The van der Waals surface area contributed by atoms with Gasteiger partial charge in [-0.15, -0.1) is 0 Å². The number of nitrogens with zero attached hydrogens (tertiary/aromatic N) is 2. The van der Waals surface area contributed by atoms with Crippen molar-refractivity contribution in [2.45, 2.75) is 6.61 Å². The van der Waals surface area contributed by atoms with E-state index in [1.807, 2.05) is 48.5 Å². The van der Waals surface area contributed by atoms with Crippen LogP contribution in [0.15, 0.2) is 71.6 Å². The molecule has 2 heterocycles. The number of fused-ring (bicyclic) bond motifs is 1. The lowest BCUT2D eigenvalue weighted by Gasteiger charge is -2.28. The van der Waals surface area contributed by atoms with Crippen LogP contribution in [0.5, 0.6) is 5.75 Å². The Bertz CT molecular complexity index is 1310. The smallest absolute Gasteiger partial charge is 0.294 e. The Morgan fingerprint density at radius 3 is 2.57 bits per heavy atom. The Morgan fingerprint density at radius 1 is 0.971 bits per heavy atom. The molecule has 2 aliphatic rings. The van der Waals surface area contributed by atoms with Crippen LogP contribution in [0.3, 0.4) is 0 Å². The van der Waals surface area contributed by atoms with Crippen LogP contribution in [0.2, 0.25) is 0 Å². The third-order valence-electron chi connectivity index (χ3n) is 6.00. The van der Waals surface area contributed by atoms with E-state index in [4.69, 9.17) is 9.47 Å². The van der Waals surface area contributed by atoms with Gasteiger partial charge in [-0.3, -0.25) is 19.3 Å². The predicted octanol–water partition coefficient (Wildman–Crippen LogP) is 4.31. The van der Waals surface area contributed by atoms with E-state index in [-0.39, 0.29) is 17.4 Å². The van der Waals surface area contributed by atoms with Gasteiger partial charge >= 0.3 is 0 Å². The van der Waals surface area contributed by atoms with E-state index in [1.165, 1.54) is 0 Å². The van der Waals surface area contributed by atoms with Crippen LogP contribution >= 0.6 is 11.8 Å².